The summed E-state index contributed by atoms with van der Waals surface area (Å²) in [7, 11) is 0. The number of carbonyl (C=O) groups is 1. The molecule has 0 fully saturated rings. The van der Waals surface area contributed by atoms with E-state index in [9.17, 15) is 18.0 Å². The fourth-order valence-corrected chi connectivity index (χ4v) is 4.07. The molecule has 2 aromatic carbocycles. The van der Waals surface area contributed by atoms with E-state index in [1.807, 2.05) is 0 Å². The first kappa shape index (κ1) is 18.5. The van der Waals surface area contributed by atoms with Gasteiger partial charge in [-0.15, -0.1) is 11.3 Å². The van der Waals surface area contributed by atoms with Crippen LogP contribution < -0.4 is 9.64 Å². The second kappa shape index (κ2) is 7.27. The number of ether oxygens (including phenoxy) is 1. The van der Waals surface area contributed by atoms with Gasteiger partial charge in [-0.3, -0.25) is 4.79 Å². The van der Waals surface area contributed by atoms with Crippen LogP contribution in [0.15, 0.2) is 36.4 Å². The van der Waals surface area contributed by atoms with E-state index < -0.39 is 11.6 Å². The topological polar surface area (TPSA) is 42.4 Å². The lowest BCUT2D eigenvalue weighted by atomic mass is 10.1. The highest BCUT2D eigenvalue weighted by Gasteiger charge is 2.30. The molecular weight excluding hydrogens is 389 g/mol. The number of aromatic nitrogens is 1. The van der Waals surface area contributed by atoms with Gasteiger partial charge in [0.25, 0.3) is 5.91 Å². The molecule has 4 rings (SSSR count). The number of hydrogen-bond donors (Lipinski definition) is 0. The van der Waals surface area contributed by atoms with Crippen LogP contribution >= 0.6 is 11.3 Å². The Labute approximate surface area is 163 Å². The summed E-state index contributed by atoms with van der Waals surface area (Å²) in [6.07, 6.45) is 0.339. The quantitative estimate of drug-likeness (QED) is 0.636. The van der Waals surface area contributed by atoms with Gasteiger partial charge in [-0.2, -0.15) is 0 Å². The minimum absolute atomic E-state index is 0.129. The summed E-state index contributed by atoms with van der Waals surface area (Å²) in [5.74, 6) is -1.57. The van der Waals surface area contributed by atoms with Crippen molar-refractivity contribution in [1.82, 2.24) is 4.98 Å². The second-order valence-corrected chi connectivity index (χ2v) is 7.44. The standard InChI is InChI=1S/C20H15F3N2O2S/c1-11-19(28-18(24-11)10-27-14-4-2-12(21)3-5-14)20(26)25-7-6-15-16(23)8-13(22)9-17(15)25/h2-5,8-9H,6-7,10H2,1H3. The summed E-state index contributed by atoms with van der Waals surface area (Å²) in [5.41, 5.74) is 1.13. The largest absolute Gasteiger partial charge is 0.486 e. The van der Waals surface area contributed by atoms with Gasteiger partial charge in [0.05, 0.1) is 11.4 Å². The maximum absolute atomic E-state index is 13.9. The van der Waals surface area contributed by atoms with Gasteiger partial charge in [-0.05, 0) is 43.7 Å². The Morgan fingerprint density at radius 3 is 2.68 bits per heavy atom. The van der Waals surface area contributed by atoms with Crippen molar-refractivity contribution in [1.29, 1.82) is 0 Å². The SMILES string of the molecule is Cc1nc(COc2ccc(F)cc2)sc1C(=O)N1CCc2c(F)cc(F)cc21. The van der Waals surface area contributed by atoms with E-state index in [1.54, 1.807) is 6.92 Å². The van der Waals surface area contributed by atoms with Gasteiger partial charge < -0.3 is 9.64 Å². The number of rotatable bonds is 4. The molecule has 28 heavy (non-hydrogen) atoms. The zero-order valence-electron chi connectivity index (χ0n) is 14.8. The predicted octanol–water partition coefficient (Wildman–Crippen LogP) is 4.65. The third-order valence-corrected chi connectivity index (χ3v) is 5.59. The highest BCUT2D eigenvalue weighted by molar-refractivity contribution is 7.13. The normalized spacial score (nSPS) is 12.9. The Morgan fingerprint density at radius 2 is 1.93 bits per heavy atom. The molecule has 0 N–H and O–H groups in total. The second-order valence-electron chi connectivity index (χ2n) is 6.36. The van der Waals surface area contributed by atoms with Crippen molar-refractivity contribution in [3.05, 3.63) is 75.0 Å². The molecule has 0 saturated heterocycles. The molecule has 0 spiro atoms. The van der Waals surface area contributed by atoms with Gasteiger partial charge in [0, 0.05) is 18.2 Å². The van der Waals surface area contributed by atoms with Crippen LogP contribution in [0.4, 0.5) is 18.9 Å². The number of carbonyl (C=O) groups excluding carboxylic acids is 1. The first-order valence-corrected chi connectivity index (χ1v) is 9.38. The monoisotopic (exact) mass is 404 g/mol. The minimum Gasteiger partial charge on any atom is -0.486 e. The van der Waals surface area contributed by atoms with Crippen molar-refractivity contribution < 1.29 is 22.7 Å². The van der Waals surface area contributed by atoms with E-state index in [1.165, 1.54) is 46.6 Å². The van der Waals surface area contributed by atoms with Crippen molar-refractivity contribution in [2.45, 2.75) is 20.0 Å². The summed E-state index contributed by atoms with van der Waals surface area (Å²) < 4.78 is 46.0. The first-order valence-electron chi connectivity index (χ1n) is 8.57. The number of aryl methyl sites for hydroxylation is 1. The molecule has 0 aliphatic carbocycles. The van der Waals surface area contributed by atoms with Crippen LogP contribution in [0.25, 0.3) is 0 Å². The van der Waals surface area contributed by atoms with Gasteiger partial charge in [-0.1, -0.05) is 0 Å². The van der Waals surface area contributed by atoms with Crippen LogP contribution in [0, 0.1) is 24.4 Å². The first-order chi connectivity index (χ1) is 13.4. The molecule has 4 nitrogen and oxygen atoms in total. The molecule has 1 aliphatic heterocycles. The smallest absolute Gasteiger partial charge is 0.270 e. The number of thiazole rings is 1. The Morgan fingerprint density at radius 1 is 1.18 bits per heavy atom. The highest BCUT2D eigenvalue weighted by Crippen LogP contribution is 2.33. The maximum Gasteiger partial charge on any atom is 0.270 e. The number of anilines is 1. The van der Waals surface area contributed by atoms with Gasteiger partial charge in [0.1, 0.15) is 39.7 Å². The molecule has 0 bridgehead atoms. The molecule has 8 heteroatoms. The summed E-state index contributed by atoms with van der Waals surface area (Å²) in [4.78, 5) is 19.1. The van der Waals surface area contributed by atoms with Crippen molar-refractivity contribution >= 4 is 22.9 Å². The average Bonchev–Trinajstić information content (AvgIpc) is 3.24. The van der Waals surface area contributed by atoms with Crippen molar-refractivity contribution in [2.24, 2.45) is 0 Å². The number of benzene rings is 2. The number of fused-ring (bicyclic) bond motifs is 1. The van der Waals surface area contributed by atoms with E-state index in [0.717, 1.165) is 6.07 Å². The third-order valence-electron chi connectivity index (χ3n) is 4.47. The molecule has 1 aliphatic rings. The van der Waals surface area contributed by atoms with E-state index in [0.29, 0.717) is 33.3 Å². The van der Waals surface area contributed by atoms with Gasteiger partial charge in [0.2, 0.25) is 0 Å². The molecule has 1 amide bonds. The zero-order valence-corrected chi connectivity index (χ0v) is 15.7. The lowest BCUT2D eigenvalue weighted by molar-refractivity contribution is 0.0992. The van der Waals surface area contributed by atoms with E-state index in [-0.39, 0.29) is 30.6 Å². The number of hydrogen-bond acceptors (Lipinski definition) is 4. The summed E-state index contributed by atoms with van der Waals surface area (Å²) in [6.45, 7) is 2.12. The molecule has 0 unspecified atom stereocenters. The van der Waals surface area contributed by atoms with Crippen LogP contribution in [0.1, 0.15) is 25.9 Å². The lowest BCUT2D eigenvalue weighted by Gasteiger charge is -2.16. The molecule has 1 aromatic heterocycles. The maximum atomic E-state index is 13.9. The van der Waals surface area contributed by atoms with Crippen molar-refractivity contribution in [3.8, 4) is 5.75 Å². The fourth-order valence-electron chi connectivity index (χ4n) is 3.14. The van der Waals surface area contributed by atoms with Gasteiger partial charge >= 0.3 is 0 Å². The Kier molecular flexibility index (Phi) is 4.80. The molecule has 2 heterocycles. The van der Waals surface area contributed by atoms with Crippen molar-refractivity contribution in [2.75, 3.05) is 11.4 Å². The van der Waals surface area contributed by atoms with Crippen LogP contribution in [-0.2, 0) is 13.0 Å². The summed E-state index contributed by atoms with van der Waals surface area (Å²) >= 11 is 1.17. The molecule has 0 radical (unpaired) electrons. The van der Waals surface area contributed by atoms with Crippen LogP contribution in [0.2, 0.25) is 0 Å². The highest BCUT2D eigenvalue weighted by atomic mass is 32.1. The van der Waals surface area contributed by atoms with E-state index in [2.05, 4.69) is 4.98 Å². The predicted molar refractivity (Wildman–Crippen MR) is 99.3 cm³/mol. The van der Waals surface area contributed by atoms with Crippen LogP contribution in [0.5, 0.6) is 5.75 Å². The zero-order chi connectivity index (χ0) is 19.8. The Balaban J connectivity index is 1.53. The molecular formula is C20H15F3N2O2S. The number of halogens is 3. The van der Waals surface area contributed by atoms with E-state index in [4.69, 9.17) is 4.74 Å². The summed E-state index contributed by atoms with van der Waals surface area (Å²) in [6, 6.07) is 7.60. The Hall–Kier alpha value is -2.87. The van der Waals surface area contributed by atoms with Crippen LogP contribution in [-0.4, -0.2) is 17.4 Å². The van der Waals surface area contributed by atoms with E-state index >= 15 is 0 Å². The van der Waals surface area contributed by atoms with Gasteiger partial charge in [-0.25, -0.2) is 18.2 Å². The minimum atomic E-state index is -0.717. The fraction of sp³-hybridized carbons (Fsp3) is 0.200. The Bertz CT molecular complexity index is 1050. The molecule has 144 valence electrons. The number of amides is 1. The molecule has 0 saturated carbocycles. The lowest BCUT2D eigenvalue weighted by Crippen LogP contribution is -2.28. The van der Waals surface area contributed by atoms with Gasteiger partial charge in [0.15, 0.2) is 0 Å². The molecule has 0 atom stereocenters. The summed E-state index contributed by atoms with van der Waals surface area (Å²) in [5, 5.41) is 0.579. The molecule has 3 aromatic rings. The van der Waals surface area contributed by atoms with Crippen molar-refractivity contribution in [3.63, 3.8) is 0 Å². The number of nitrogens with zero attached hydrogens (tertiary/aromatic N) is 2. The third kappa shape index (κ3) is 3.47. The van der Waals surface area contributed by atoms with Crippen LogP contribution in [0.3, 0.4) is 0 Å². The average molecular weight is 404 g/mol.